The summed E-state index contributed by atoms with van der Waals surface area (Å²) < 4.78 is 15.1. The van der Waals surface area contributed by atoms with E-state index in [0.29, 0.717) is 5.56 Å². The molecule has 0 aliphatic rings. The number of benzene rings is 1. The van der Waals surface area contributed by atoms with Gasteiger partial charge in [0.1, 0.15) is 5.82 Å². The summed E-state index contributed by atoms with van der Waals surface area (Å²) in [5.74, 6) is -0.212. The third-order valence-electron chi connectivity index (χ3n) is 2.74. The maximum Gasteiger partial charge on any atom is 0.128 e. The molecule has 1 heterocycles. The van der Waals surface area contributed by atoms with Crippen LogP contribution in [0.25, 0.3) is 0 Å². The van der Waals surface area contributed by atoms with Crippen LogP contribution in [-0.2, 0) is 0 Å². The molecule has 2 rings (SSSR count). The van der Waals surface area contributed by atoms with E-state index in [9.17, 15) is 4.39 Å². The van der Waals surface area contributed by atoms with Gasteiger partial charge < -0.3 is 5.73 Å². The summed E-state index contributed by atoms with van der Waals surface area (Å²) in [5, 5.41) is 1.99. The minimum atomic E-state index is -0.379. The molecule has 2 N–H and O–H groups in total. The fourth-order valence-corrected chi connectivity index (χ4v) is 3.38. The standard InChI is InChI=1S/C13H13FINS/c1-7-3-8(2)12(10(14)4-7)13(16)9-5-11(15)17-6-9/h3-6,13H,16H2,1-2H3. The molecule has 1 atom stereocenters. The van der Waals surface area contributed by atoms with Crippen molar-refractivity contribution in [1.82, 2.24) is 0 Å². The van der Waals surface area contributed by atoms with Crippen molar-refractivity contribution in [2.45, 2.75) is 19.9 Å². The Labute approximate surface area is 118 Å². The quantitative estimate of drug-likeness (QED) is 0.799. The monoisotopic (exact) mass is 361 g/mol. The van der Waals surface area contributed by atoms with E-state index in [1.54, 1.807) is 17.4 Å². The Hall–Kier alpha value is -0.460. The lowest BCUT2D eigenvalue weighted by molar-refractivity contribution is 0.596. The molecule has 1 aromatic carbocycles. The van der Waals surface area contributed by atoms with Gasteiger partial charge in [0.15, 0.2) is 0 Å². The molecule has 1 aromatic heterocycles. The number of hydrogen-bond acceptors (Lipinski definition) is 2. The van der Waals surface area contributed by atoms with Crippen LogP contribution in [0.5, 0.6) is 0 Å². The maximum absolute atomic E-state index is 14.0. The highest BCUT2D eigenvalue weighted by Gasteiger charge is 2.17. The first-order valence-electron chi connectivity index (χ1n) is 5.25. The lowest BCUT2D eigenvalue weighted by Crippen LogP contribution is -2.14. The van der Waals surface area contributed by atoms with Crippen molar-refractivity contribution in [2.75, 3.05) is 0 Å². The Morgan fingerprint density at radius 2 is 2.00 bits per heavy atom. The molecule has 90 valence electrons. The average molecular weight is 361 g/mol. The summed E-state index contributed by atoms with van der Waals surface area (Å²) in [7, 11) is 0. The van der Waals surface area contributed by atoms with E-state index in [-0.39, 0.29) is 11.9 Å². The lowest BCUT2D eigenvalue weighted by Gasteiger charge is -2.15. The zero-order valence-electron chi connectivity index (χ0n) is 9.63. The molecule has 0 saturated heterocycles. The van der Waals surface area contributed by atoms with Crippen molar-refractivity contribution in [3.05, 3.63) is 54.5 Å². The van der Waals surface area contributed by atoms with Gasteiger partial charge in [-0.25, -0.2) is 4.39 Å². The van der Waals surface area contributed by atoms with Crippen molar-refractivity contribution in [2.24, 2.45) is 5.73 Å². The molecular formula is C13H13FINS. The van der Waals surface area contributed by atoms with E-state index >= 15 is 0 Å². The van der Waals surface area contributed by atoms with Crippen LogP contribution in [0.2, 0.25) is 0 Å². The molecule has 0 aliphatic heterocycles. The molecule has 0 amide bonds. The van der Waals surface area contributed by atoms with Crippen LogP contribution in [0.15, 0.2) is 23.6 Å². The van der Waals surface area contributed by atoms with E-state index < -0.39 is 0 Å². The second-order valence-electron chi connectivity index (χ2n) is 4.14. The van der Waals surface area contributed by atoms with Crippen LogP contribution in [0.1, 0.15) is 28.3 Å². The van der Waals surface area contributed by atoms with Gasteiger partial charge in [0.25, 0.3) is 0 Å². The summed E-state index contributed by atoms with van der Waals surface area (Å²) in [6.45, 7) is 3.79. The van der Waals surface area contributed by atoms with Crippen molar-refractivity contribution < 1.29 is 4.39 Å². The fourth-order valence-electron chi connectivity index (χ4n) is 1.97. The molecule has 4 heteroatoms. The van der Waals surface area contributed by atoms with Crippen LogP contribution in [0, 0.1) is 22.5 Å². The maximum atomic E-state index is 14.0. The molecule has 0 spiro atoms. The number of thiophene rings is 1. The largest absolute Gasteiger partial charge is 0.320 e. The summed E-state index contributed by atoms with van der Waals surface area (Å²) in [6, 6.07) is 5.14. The smallest absolute Gasteiger partial charge is 0.128 e. The fraction of sp³-hybridized carbons (Fsp3) is 0.231. The molecule has 0 bridgehead atoms. The van der Waals surface area contributed by atoms with Gasteiger partial charge in [-0.1, -0.05) is 6.07 Å². The van der Waals surface area contributed by atoms with Crippen molar-refractivity contribution in [1.29, 1.82) is 0 Å². The molecule has 2 aromatic rings. The molecular weight excluding hydrogens is 348 g/mol. The van der Waals surface area contributed by atoms with Gasteiger partial charge in [-0.3, -0.25) is 0 Å². The second kappa shape index (κ2) is 5.04. The molecule has 0 saturated carbocycles. The number of halogens is 2. The van der Waals surface area contributed by atoms with Crippen molar-refractivity contribution in [3.8, 4) is 0 Å². The molecule has 17 heavy (non-hydrogen) atoms. The third kappa shape index (κ3) is 2.69. The summed E-state index contributed by atoms with van der Waals surface area (Å²) >= 11 is 3.87. The van der Waals surface area contributed by atoms with Crippen molar-refractivity contribution in [3.63, 3.8) is 0 Å². The first kappa shape index (κ1) is 13.0. The Kier molecular flexibility index (Phi) is 3.85. The van der Waals surface area contributed by atoms with Gasteiger partial charge in [0, 0.05) is 5.56 Å². The normalized spacial score (nSPS) is 12.8. The first-order valence-corrected chi connectivity index (χ1v) is 7.21. The van der Waals surface area contributed by atoms with Crippen LogP contribution >= 0.6 is 33.9 Å². The van der Waals surface area contributed by atoms with Crippen molar-refractivity contribution >= 4 is 33.9 Å². The SMILES string of the molecule is Cc1cc(C)c(C(N)c2csc(I)c2)c(F)c1. The highest BCUT2D eigenvalue weighted by molar-refractivity contribution is 14.1. The van der Waals surface area contributed by atoms with Gasteiger partial charge in [-0.15, -0.1) is 11.3 Å². The summed E-state index contributed by atoms with van der Waals surface area (Å²) in [5.41, 5.74) is 9.56. The number of rotatable bonds is 2. The predicted octanol–water partition coefficient (Wildman–Crippen LogP) is 4.16. The first-order chi connectivity index (χ1) is 7.99. The summed E-state index contributed by atoms with van der Waals surface area (Å²) in [6.07, 6.45) is 0. The van der Waals surface area contributed by atoms with Gasteiger partial charge in [0.2, 0.25) is 0 Å². The van der Waals surface area contributed by atoms with Crippen LogP contribution in [-0.4, -0.2) is 0 Å². The highest BCUT2D eigenvalue weighted by atomic mass is 127. The minimum absolute atomic E-state index is 0.212. The van der Waals surface area contributed by atoms with E-state index in [0.717, 1.165) is 16.7 Å². The zero-order valence-corrected chi connectivity index (χ0v) is 12.6. The second-order valence-corrected chi connectivity index (χ2v) is 6.94. The Balaban J connectivity index is 2.47. The Bertz CT molecular complexity index is 527. The number of hydrogen-bond donors (Lipinski definition) is 1. The predicted molar refractivity (Wildman–Crippen MR) is 78.9 cm³/mol. The van der Waals surface area contributed by atoms with E-state index in [2.05, 4.69) is 22.6 Å². The van der Waals surface area contributed by atoms with Gasteiger partial charge in [0.05, 0.1) is 8.93 Å². The van der Waals surface area contributed by atoms with E-state index in [4.69, 9.17) is 5.73 Å². The minimum Gasteiger partial charge on any atom is -0.320 e. The topological polar surface area (TPSA) is 26.0 Å². The Morgan fingerprint density at radius 1 is 1.29 bits per heavy atom. The van der Waals surface area contributed by atoms with Gasteiger partial charge >= 0.3 is 0 Å². The van der Waals surface area contributed by atoms with Crippen LogP contribution in [0.4, 0.5) is 4.39 Å². The highest BCUT2D eigenvalue weighted by Crippen LogP contribution is 2.29. The summed E-state index contributed by atoms with van der Waals surface area (Å²) in [4.78, 5) is 0. The number of nitrogens with two attached hydrogens (primary N) is 1. The number of aryl methyl sites for hydroxylation is 2. The zero-order chi connectivity index (χ0) is 12.6. The van der Waals surface area contributed by atoms with Gasteiger partial charge in [-0.05, 0) is 70.6 Å². The molecule has 1 unspecified atom stereocenters. The molecule has 0 aliphatic carbocycles. The van der Waals surface area contributed by atoms with Gasteiger partial charge in [-0.2, -0.15) is 0 Å². The molecule has 0 radical (unpaired) electrons. The van der Waals surface area contributed by atoms with E-state index in [1.807, 2.05) is 31.4 Å². The third-order valence-corrected chi connectivity index (χ3v) is 4.55. The van der Waals surface area contributed by atoms with E-state index in [1.165, 1.54) is 2.88 Å². The molecule has 1 nitrogen and oxygen atoms in total. The van der Waals surface area contributed by atoms with Crippen LogP contribution in [0.3, 0.4) is 0 Å². The average Bonchev–Trinajstić information content (AvgIpc) is 2.63. The Morgan fingerprint density at radius 3 is 2.53 bits per heavy atom. The van der Waals surface area contributed by atoms with Crippen LogP contribution < -0.4 is 5.73 Å². The molecule has 0 fully saturated rings. The lowest BCUT2D eigenvalue weighted by atomic mass is 9.95.